The van der Waals surface area contributed by atoms with Gasteiger partial charge in [0.05, 0.1) is 12.4 Å². The summed E-state index contributed by atoms with van der Waals surface area (Å²) in [6.07, 6.45) is 4.70. The molecule has 4 heteroatoms. The topological polar surface area (TPSA) is 37.8 Å². The van der Waals surface area contributed by atoms with Crippen molar-refractivity contribution < 1.29 is 4.39 Å². The van der Waals surface area contributed by atoms with E-state index in [0.717, 1.165) is 19.0 Å². The van der Waals surface area contributed by atoms with Gasteiger partial charge in [0, 0.05) is 6.04 Å². The molecule has 0 spiro atoms. The third-order valence-electron chi connectivity index (χ3n) is 1.74. The minimum absolute atomic E-state index is 0.352. The molecule has 0 radical (unpaired) electrons. The molecule has 1 heterocycles. The van der Waals surface area contributed by atoms with Crippen molar-refractivity contribution in [2.45, 2.75) is 32.7 Å². The second kappa shape index (κ2) is 4.74. The van der Waals surface area contributed by atoms with Gasteiger partial charge in [-0.25, -0.2) is 9.97 Å². The van der Waals surface area contributed by atoms with E-state index in [1.54, 1.807) is 0 Å². The quantitative estimate of drug-likeness (QED) is 0.777. The second-order valence-electron chi connectivity index (χ2n) is 3.06. The second-order valence-corrected chi connectivity index (χ2v) is 3.06. The van der Waals surface area contributed by atoms with Gasteiger partial charge in [-0.05, 0) is 13.3 Å². The van der Waals surface area contributed by atoms with E-state index >= 15 is 0 Å². The van der Waals surface area contributed by atoms with Crippen LogP contribution in [-0.4, -0.2) is 16.0 Å². The normalized spacial score (nSPS) is 12.5. The summed E-state index contributed by atoms with van der Waals surface area (Å²) in [5, 5.41) is 3.13. The number of nitrogens with zero attached hydrogens (tertiary/aromatic N) is 2. The first-order chi connectivity index (χ1) is 6.22. The van der Waals surface area contributed by atoms with Gasteiger partial charge in [0.1, 0.15) is 5.82 Å². The summed E-state index contributed by atoms with van der Waals surface area (Å²) in [6.45, 7) is 4.18. The average molecular weight is 183 g/mol. The minimum Gasteiger partial charge on any atom is -0.366 e. The summed E-state index contributed by atoms with van der Waals surface area (Å²) in [5.41, 5.74) is 0. The van der Waals surface area contributed by atoms with Gasteiger partial charge in [-0.3, -0.25) is 0 Å². The maximum absolute atomic E-state index is 12.4. The summed E-state index contributed by atoms with van der Waals surface area (Å²) < 4.78 is 12.4. The van der Waals surface area contributed by atoms with Crippen LogP contribution in [0.1, 0.15) is 26.7 Å². The largest absolute Gasteiger partial charge is 0.366 e. The number of hydrogen-bond acceptors (Lipinski definition) is 3. The molecule has 1 rings (SSSR count). The van der Waals surface area contributed by atoms with Crippen LogP contribution in [0.15, 0.2) is 12.4 Å². The molecule has 1 atom stereocenters. The smallest absolute Gasteiger partial charge is 0.231 e. The van der Waals surface area contributed by atoms with Crippen LogP contribution in [0.4, 0.5) is 10.2 Å². The Balaban J connectivity index is 2.49. The molecule has 0 aromatic carbocycles. The molecule has 0 bridgehead atoms. The van der Waals surface area contributed by atoms with E-state index in [4.69, 9.17) is 0 Å². The van der Waals surface area contributed by atoms with Gasteiger partial charge in [0.2, 0.25) is 5.95 Å². The molecule has 13 heavy (non-hydrogen) atoms. The van der Waals surface area contributed by atoms with Crippen LogP contribution in [0.2, 0.25) is 0 Å². The lowest BCUT2D eigenvalue weighted by molar-refractivity contribution is 0.576. The van der Waals surface area contributed by atoms with E-state index in [2.05, 4.69) is 29.1 Å². The third kappa shape index (κ3) is 3.36. The van der Waals surface area contributed by atoms with Crippen molar-refractivity contribution in [1.82, 2.24) is 9.97 Å². The molecule has 0 amide bonds. The molecule has 0 aliphatic rings. The standard InChI is InChI=1S/C9H14FN3/c1-3-4-7(2)13-9-6-11-8(10)5-12-9/h5-7H,3-4H2,1-2H3,(H,12,13). The van der Waals surface area contributed by atoms with Crippen molar-refractivity contribution in [3.8, 4) is 0 Å². The number of aromatic nitrogens is 2. The van der Waals surface area contributed by atoms with Crippen LogP contribution in [-0.2, 0) is 0 Å². The molecule has 0 saturated heterocycles. The van der Waals surface area contributed by atoms with Crippen molar-refractivity contribution in [2.75, 3.05) is 5.32 Å². The van der Waals surface area contributed by atoms with E-state index in [9.17, 15) is 4.39 Å². The maximum Gasteiger partial charge on any atom is 0.231 e. The fourth-order valence-electron chi connectivity index (χ4n) is 1.14. The highest BCUT2D eigenvalue weighted by molar-refractivity contribution is 5.30. The van der Waals surface area contributed by atoms with Gasteiger partial charge in [-0.1, -0.05) is 13.3 Å². The monoisotopic (exact) mass is 183 g/mol. The van der Waals surface area contributed by atoms with Gasteiger partial charge < -0.3 is 5.32 Å². The third-order valence-corrected chi connectivity index (χ3v) is 1.74. The molecule has 3 nitrogen and oxygen atoms in total. The van der Waals surface area contributed by atoms with E-state index in [1.807, 2.05) is 0 Å². The predicted molar refractivity (Wildman–Crippen MR) is 50.0 cm³/mol. The first-order valence-corrected chi connectivity index (χ1v) is 4.46. The zero-order valence-corrected chi connectivity index (χ0v) is 7.92. The SMILES string of the molecule is CCCC(C)Nc1cnc(F)cn1. The minimum atomic E-state index is -0.548. The Kier molecular flexibility index (Phi) is 3.61. The van der Waals surface area contributed by atoms with Crippen LogP contribution in [0.5, 0.6) is 0 Å². The van der Waals surface area contributed by atoms with Crippen LogP contribution < -0.4 is 5.32 Å². The zero-order chi connectivity index (χ0) is 9.68. The Morgan fingerprint density at radius 1 is 1.46 bits per heavy atom. The number of halogens is 1. The average Bonchev–Trinajstić information content (AvgIpc) is 2.09. The van der Waals surface area contributed by atoms with E-state index in [-0.39, 0.29) is 0 Å². The number of hydrogen-bond donors (Lipinski definition) is 1. The van der Waals surface area contributed by atoms with E-state index < -0.39 is 5.95 Å². The fourth-order valence-corrected chi connectivity index (χ4v) is 1.14. The van der Waals surface area contributed by atoms with Crippen LogP contribution in [0.3, 0.4) is 0 Å². The van der Waals surface area contributed by atoms with Crippen molar-refractivity contribution in [3.63, 3.8) is 0 Å². The summed E-state index contributed by atoms with van der Waals surface area (Å²) >= 11 is 0. The number of nitrogens with one attached hydrogen (secondary N) is 1. The Bertz CT molecular complexity index is 248. The van der Waals surface area contributed by atoms with Gasteiger partial charge in [-0.15, -0.1) is 0 Å². The van der Waals surface area contributed by atoms with Crippen molar-refractivity contribution in [1.29, 1.82) is 0 Å². The van der Waals surface area contributed by atoms with Crippen molar-refractivity contribution >= 4 is 5.82 Å². The summed E-state index contributed by atoms with van der Waals surface area (Å²) in [7, 11) is 0. The molecule has 0 saturated carbocycles. The van der Waals surface area contributed by atoms with Gasteiger partial charge in [0.15, 0.2) is 0 Å². The molecule has 72 valence electrons. The first kappa shape index (κ1) is 9.89. The number of rotatable bonds is 4. The molecule has 1 unspecified atom stereocenters. The lowest BCUT2D eigenvalue weighted by atomic mass is 10.2. The molecular weight excluding hydrogens is 169 g/mol. The highest BCUT2D eigenvalue weighted by atomic mass is 19.1. The van der Waals surface area contributed by atoms with Gasteiger partial charge in [-0.2, -0.15) is 4.39 Å². The van der Waals surface area contributed by atoms with Crippen LogP contribution in [0, 0.1) is 5.95 Å². The van der Waals surface area contributed by atoms with E-state index in [0.29, 0.717) is 11.9 Å². The van der Waals surface area contributed by atoms with Crippen LogP contribution >= 0.6 is 0 Å². The van der Waals surface area contributed by atoms with Gasteiger partial charge >= 0.3 is 0 Å². The molecule has 1 N–H and O–H groups in total. The molecule has 1 aromatic heterocycles. The fraction of sp³-hybridized carbons (Fsp3) is 0.556. The highest BCUT2D eigenvalue weighted by Gasteiger charge is 2.01. The Morgan fingerprint density at radius 3 is 2.77 bits per heavy atom. The highest BCUT2D eigenvalue weighted by Crippen LogP contribution is 2.05. The summed E-state index contributed by atoms with van der Waals surface area (Å²) in [4.78, 5) is 7.35. The Hall–Kier alpha value is -1.19. The van der Waals surface area contributed by atoms with Crippen molar-refractivity contribution in [2.24, 2.45) is 0 Å². The predicted octanol–water partition coefficient (Wildman–Crippen LogP) is 2.22. The molecule has 0 fully saturated rings. The van der Waals surface area contributed by atoms with Crippen molar-refractivity contribution in [3.05, 3.63) is 18.3 Å². The molecule has 0 aliphatic carbocycles. The summed E-state index contributed by atoms with van der Waals surface area (Å²) in [6, 6.07) is 0.352. The van der Waals surface area contributed by atoms with Crippen LogP contribution in [0.25, 0.3) is 0 Å². The lowest BCUT2D eigenvalue weighted by Crippen LogP contribution is -2.15. The maximum atomic E-state index is 12.4. The Morgan fingerprint density at radius 2 is 2.23 bits per heavy atom. The molecule has 0 aliphatic heterocycles. The van der Waals surface area contributed by atoms with E-state index in [1.165, 1.54) is 6.20 Å². The summed E-state index contributed by atoms with van der Waals surface area (Å²) in [5.74, 6) is 0.0797. The Labute approximate surface area is 77.4 Å². The first-order valence-electron chi connectivity index (χ1n) is 4.46. The zero-order valence-electron chi connectivity index (χ0n) is 7.92. The molecular formula is C9H14FN3. The number of anilines is 1. The van der Waals surface area contributed by atoms with Gasteiger partial charge in [0.25, 0.3) is 0 Å². The lowest BCUT2D eigenvalue weighted by Gasteiger charge is -2.12. The molecule has 1 aromatic rings.